The molecule has 4 heteroatoms. The van der Waals surface area contributed by atoms with Gasteiger partial charge in [0.15, 0.2) is 0 Å². The average molecular weight is 244 g/mol. The van der Waals surface area contributed by atoms with E-state index in [4.69, 9.17) is 9.47 Å². The van der Waals surface area contributed by atoms with E-state index in [2.05, 4.69) is 17.3 Å². The molecule has 4 nitrogen and oxygen atoms in total. The fourth-order valence-corrected chi connectivity index (χ4v) is 2.32. The summed E-state index contributed by atoms with van der Waals surface area (Å²) in [5.74, 6) is 0. The van der Waals surface area contributed by atoms with E-state index in [-0.39, 0.29) is 0 Å². The minimum atomic E-state index is 0.498. The molecule has 0 heterocycles. The first-order valence-electron chi connectivity index (χ1n) is 6.70. The number of ether oxygens (including phenoxy) is 2. The number of rotatable bonds is 8. The highest BCUT2D eigenvalue weighted by Crippen LogP contribution is 2.20. The van der Waals surface area contributed by atoms with Crippen molar-refractivity contribution in [3.8, 4) is 0 Å². The lowest BCUT2D eigenvalue weighted by Crippen LogP contribution is -2.39. The Labute approximate surface area is 106 Å². The van der Waals surface area contributed by atoms with Gasteiger partial charge in [-0.3, -0.25) is 0 Å². The van der Waals surface area contributed by atoms with E-state index in [9.17, 15) is 0 Å². The van der Waals surface area contributed by atoms with Crippen LogP contribution in [0.15, 0.2) is 0 Å². The first kappa shape index (κ1) is 14.9. The lowest BCUT2D eigenvalue weighted by atomic mass is 9.93. The molecule has 0 aliphatic heterocycles. The molecular weight excluding hydrogens is 216 g/mol. The van der Waals surface area contributed by atoms with Crippen LogP contribution in [0.4, 0.5) is 0 Å². The highest BCUT2D eigenvalue weighted by Gasteiger charge is 2.19. The van der Waals surface area contributed by atoms with Gasteiger partial charge in [-0.2, -0.15) is 0 Å². The summed E-state index contributed by atoms with van der Waals surface area (Å²) in [6.45, 7) is 3.99. The van der Waals surface area contributed by atoms with Crippen LogP contribution in [0.1, 0.15) is 25.7 Å². The van der Waals surface area contributed by atoms with Crippen molar-refractivity contribution in [2.24, 2.45) is 0 Å². The van der Waals surface area contributed by atoms with Gasteiger partial charge >= 0.3 is 0 Å². The van der Waals surface area contributed by atoms with Gasteiger partial charge in [0.1, 0.15) is 0 Å². The summed E-state index contributed by atoms with van der Waals surface area (Å²) in [5, 5.41) is 3.64. The zero-order valence-electron chi connectivity index (χ0n) is 11.6. The predicted octanol–water partition coefficient (Wildman–Crippen LogP) is 1.11. The average Bonchev–Trinajstić information content (AvgIpc) is 2.37. The zero-order valence-corrected chi connectivity index (χ0v) is 11.6. The second-order valence-electron chi connectivity index (χ2n) is 4.96. The van der Waals surface area contributed by atoms with Gasteiger partial charge < -0.3 is 19.7 Å². The third kappa shape index (κ3) is 6.36. The van der Waals surface area contributed by atoms with Gasteiger partial charge in [-0.05, 0) is 32.7 Å². The van der Waals surface area contributed by atoms with Gasteiger partial charge in [0, 0.05) is 39.9 Å². The maximum Gasteiger partial charge on any atom is 0.0589 e. The van der Waals surface area contributed by atoms with Crippen molar-refractivity contribution in [3.05, 3.63) is 0 Å². The first-order valence-corrected chi connectivity index (χ1v) is 6.70. The van der Waals surface area contributed by atoms with Crippen LogP contribution in [0.25, 0.3) is 0 Å². The van der Waals surface area contributed by atoms with Gasteiger partial charge in [-0.25, -0.2) is 0 Å². The predicted molar refractivity (Wildman–Crippen MR) is 70.4 cm³/mol. The van der Waals surface area contributed by atoms with Crippen LogP contribution < -0.4 is 5.32 Å². The van der Waals surface area contributed by atoms with E-state index in [1.807, 2.05) is 7.11 Å². The Morgan fingerprint density at radius 1 is 1.12 bits per heavy atom. The number of nitrogens with one attached hydrogen (secondary N) is 1. The number of hydrogen-bond acceptors (Lipinski definition) is 4. The highest BCUT2D eigenvalue weighted by molar-refractivity contribution is 4.77. The van der Waals surface area contributed by atoms with E-state index < -0.39 is 0 Å². The number of nitrogens with zero attached hydrogens (tertiary/aromatic N) is 1. The second kappa shape index (κ2) is 8.86. The van der Waals surface area contributed by atoms with Crippen molar-refractivity contribution in [1.82, 2.24) is 10.2 Å². The molecule has 0 spiro atoms. The largest absolute Gasteiger partial charge is 0.383 e. The third-order valence-corrected chi connectivity index (χ3v) is 3.61. The number of hydrogen-bond donors (Lipinski definition) is 1. The van der Waals surface area contributed by atoms with Gasteiger partial charge in [0.25, 0.3) is 0 Å². The summed E-state index contributed by atoms with van der Waals surface area (Å²) in [6.07, 6.45) is 5.40. The van der Waals surface area contributed by atoms with Gasteiger partial charge in [0.2, 0.25) is 0 Å². The molecule has 0 atom stereocenters. The third-order valence-electron chi connectivity index (χ3n) is 3.61. The fourth-order valence-electron chi connectivity index (χ4n) is 2.32. The monoisotopic (exact) mass is 244 g/mol. The molecule has 0 amide bonds. The fraction of sp³-hybridized carbons (Fsp3) is 1.00. The van der Waals surface area contributed by atoms with Crippen molar-refractivity contribution in [1.29, 1.82) is 0 Å². The maximum atomic E-state index is 5.38. The van der Waals surface area contributed by atoms with Crippen molar-refractivity contribution >= 4 is 0 Å². The number of likely N-dealkylation sites (N-methyl/N-ethyl adjacent to an activating group) is 1. The quantitative estimate of drug-likeness (QED) is 0.693. The Bertz CT molecular complexity index is 182. The summed E-state index contributed by atoms with van der Waals surface area (Å²) in [7, 11) is 5.71. The second-order valence-corrected chi connectivity index (χ2v) is 4.96. The van der Waals surface area contributed by atoms with E-state index in [0.29, 0.717) is 12.1 Å². The van der Waals surface area contributed by atoms with Crippen LogP contribution in [0.3, 0.4) is 0 Å². The Kier molecular flexibility index (Phi) is 7.77. The molecule has 0 aromatic heterocycles. The zero-order chi connectivity index (χ0) is 12.5. The SMILES string of the molecule is COCCN(C)CCNC1CCC(OC)CC1. The molecule has 0 radical (unpaired) electrons. The van der Waals surface area contributed by atoms with Crippen molar-refractivity contribution in [3.63, 3.8) is 0 Å². The van der Waals surface area contributed by atoms with Crippen molar-refractivity contribution in [2.75, 3.05) is 47.5 Å². The van der Waals surface area contributed by atoms with Gasteiger partial charge in [-0.15, -0.1) is 0 Å². The summed E-state index contributed by atoms with van der Waals surface area (Å²) in [4.78, 5) is 2.30. The van der Waals surface area contributed by atoms with Gasteiger partial charge in [-0.1, -0.05) is 0 Å². The smallest absolute Gasteiger partial charge is 0.0589 e. The van der Waals surface area contributed by atoms with Crippen LogP contribution in [-0.4, -0.2) is 64.6 Å². The molecule has 1 aliphatic carbocycles. The maximum absolute atomic E-state index is 5.38. The molecule has 1 rings (SSSR count). The summed E-state index contributed by atoms with van der Waals surface area (Å²) in [6, 6.07) is 0.692. The molecule has 1 N–H and O–H groups in total. The Balaban J connectivity index is 1.99. The summed E-state index contributed by atoms with van der Waals surface area (Å²) in [5.41, 5.74) is 0. The lowest BCUT2D eigenvalue weighted by Gasteiger charge is -2.29. The molecule has 0 aromatic rings. The molecule has 0 unspecified atom stereocenters. The molecule has 1 saturated carbocycles. The Hall–Kier alpha value is -0.160. The molecule has 17 heavy (non-hydrogen) atoms. The highest BCUT2D eigenvalue weighted by atomic mass is 16.5. The minimum Gasteiger partial charge on any atom is -0.383 e. The van der Waals surface area contributed by atoms with E-state index in [0.717, 1.165) is 26.2 Å². The van der Waals surface area contributed by atoms with Crippen LogP contribution in [0, 0.1) is 0 Å². The molecule has 0 saturated heterocycles. The topological polar surface area (TPSA) is 33.7 Å². The first-order chi connectivity index (χ1) is 8.26. The van der Waals surface area contributed by atoms with Crippen LogP contribution in [0.5, 0.6) is 0 Å². The van der Waals surface area contributed by atoms with E-state index >= 15 is 0 Å². The molecule has 102 valence electrons. The van der Waals surface area contributed by atoms with Gasteiger partial charge in [0.05, 0.1) is 12.7 Å². The van der Waals surface area contributed by atoms with E-state index in [1.54, 1.807) is 7.11 Å². The van der Waals surface area contributed by atoms with Crippen LogP contribution in [-0.2, 0) is 9.47 Å². The molecule has 0 aromatic carbocycles. The van der Waals surface area contributed by atoms with Crippen molar-refractivity contribution in [2.45, 2.75) is 37.8 Å². The molecule has 1 aliphatic rings. The molecular formula is C13H28N2O2. The standard InChI is InChI=1S/C13H28N2O2/c1-15(10-11-16-2)9-8-14-12-4-6-13(17-3)7-5-12/h12-14H,4-11H2,1-3H3. The minimum absolute atomic E-state index is 0.498. The Morgan fingerprint density at radius 3 is 2.41 bits per heavy atom. The van der Waals surface area contributed by atoms with Crippen LogP contribution in [0.2, 0.25) is 0 Å². The van der Waals surface area contributed by atoms with Crippen LogP contribution >= 0.6 is 0 Å². The Morgan fingerprint density at radius 2 is 1.82 bits per heavy atom. The summed E-state index contributed by atoms with van der Waals surface area (Å²) >= 11 is 0. The van der Waals surface area contributed by atoms with E-state index in [1.165, 1.54) is 25.7 Å². The molecule has 0 bridgehead atoms. The summed E-state index contributed by atoms with van der Waals surface area (Å²) < 4.78 is 10.4. The normalized spacial score (nSPS) is 25.4. The van der Waals surface area contributed by atoms with Crippen molar-refractivity contribution < 1.29 is 9.47 Å². The molecule has 1 fully saturated rings. The lowest BCUT2D eigenvalue weighted by molar-refractivity contribution is 0.0622. The number of methoxy groups -OCH3 is 2.